The van der Waals surface area contributed by atoms with Gasteiger partial charge in [0.2, 0.25) is 0 Å². The van der Waals surface area contributed by atoms with Crippen LogP contribution < -0.4 is 0 Å². The fourth-order valence-electron chi connectivity index (χ4n) is 2.53. The maximum atomic E-state index is 10.9. The molecule has 0 atom stereocenters. The largest absolute Gasteiger partial charge is 0.481 e. The van der Waals surface area contributed by atoms with Crippen molar-refractivity contribution in [3.05, 3.63) is 59.7 Å². The molecule has 2 N–H and O–H groups in total. The monoisotopic (exact) mass is 298 g/mol. The van der Waals surface area contributed by atoms with Gasteiger partial charge in [0, 0.05) is 12.8 Å². The molecular formula is C18H18O4. The van der Waals surface area contributed by atoms with Crippen LogP contribution in [0.3, 0.4) is 0 Å². The summed E-state index contributed by atoms with van der Waals surface area (Å²) in [6, 6.07) is 15.5. The Morgan fingerprint density at radius 2 is 1.41 bits per heavy atom. The summed E-state index contributed by atoms with van der Waals surface area (Å²) >= 11 is 0. The van der Waals surface area contributed by atoms with Crippen LogP contribution in [0.4, 0.5) is 0 Å². The molecule has 22 heavy (non-hydrogen) atoms. The highest BCUT2D eigenvalue weighted by Gasteiger charge is 2.12. The van der Waals surface area contributed by atoms with Crippen LogP contribution in [0.25, 0.3) is 11.1 Å². The average molecular weight is 298 g/mol. The molecule has 0 aliphatic heterocycles. The summed E-state index contributed by atoms with van der Waals surface area (Å²) < 4.78 is 0. The van der Waals surface area contributed by atoms with E-state index < -0.39 is 11.9 Å². The van der Waals surface area contributed by atoms with Crippen molar-refractivity contribution >= 4 is 11.9 Å². The quantitative estimate of drug-likeness (QED) is 0.821. The average Bonchev–Trinajstić information content (AvgIpc) is 2.51. The van der Waals surface area contributed by atoms with Crippen molar-refractivity contribution in [3.8, 4) is 11.1 Å². The van der Waals surface area contributed by atoms with Gasteiger partial charge in [-0.3, -0.25) is 9.59 Å². The molecule has 0 spiro atoms. The van der Waals surface area contributed by atoms with Crippen LogP contribution in [-0.4, -0.2) is 22.2 Å². The van der Waals surface area contributed by atoms with E-state index in [1.807, 2.05) is 48.5 Å². The maximum absolute atomic E-state index is 10.9. The Balaban J connectivity index is 2.40. The Hall–Kier alpha value is -2.62. The fourth-order valence-corrected chi connectivity index (χ4v) is 2.53. The number of carboxylic acid groups (broad SMARTS) is 2. The van der Waals surface area contributed by atoms with Gasteiger partial charge in [0.15, 0.2) is 0 Å². The topological polar surface area (TPSA) is 74.6 Å². The minimum absolute atomic E-state index is 0.0317. The predicted molar refractivity (Wildman–Crippen MR) is 83.8 cm³/mol. The molecule has 0 heterocycles. The molecule has 2 rings (SSSR count). The van der Waals surface area contributed by atoms with E-state index in [2.05, 4.69) is 0 Å². The number of aliphatic carboxylic acids is 2. The van der Waals surface area contributed by atoms with Crippen LogP contribution in [0.2, 0.25) is 0 Å². The van der Waals surface area contributed by atoms with E-state index >= 15 is 0 Å². The number of hydrogen-bond acceptors (Lipinski definition) is 2. The van der Waals surface area contributed by atoms with Gasteiger partial charge < -0.3 is 10.2 Å². The maximum Gasteiger partial charge on any atom is 0.303 e. The summed E-state index contributed by atoms with van der Waals surface area (Å²) in [6.45, 7) is 0. The van der Waals surface area contributed by atoms with Gasteiger partial charge in [-0.15, -0.1) is 0 Å². The number of benzene rings is 2. The summed E-state index contributed by atoms with van der Waals surface area (Å²) in [4.78, 5) is 21.7. The van der Waals surface area contributed by atoms with E-state index in [1.165, 1.54) is 0 Å². The zero-order chi connectivity index (χ0) is 15.9. The molecule has 0 saturated carbocycles. The Kier molecular flexibility index (Phi) is 5.31. The van der Waals surface area contributed by atoms with Gasteiger partial charge in [0.1, 0.15) is 0 Å². The van der Waals surface area contributed by atoms with Crippen molar-refractivity contribution in [2.75, 3.05) is 0 Å². The van der Waals surface area contributed by atoms with Crippen LogP contribution >= 0.6 is 0 Å². The molecule has 0 aliphatic rings. The first kappa shape index (κ1) is 15.8. The predicted octanol–water partition coefficient (Wildman–Crippen LogP) is 3.39. The first-order valence-electron chi connectivity index (χ1n) is 7.17. The number of aryl methyl sites for hydroxylation is 1. The summed E-state index contributed by atoms with van der Waals surface area (Å²) in [5, 5.41) is 17.8. The SMILES string of the molecule is O=C(O)CCc1cccc(-c2ccccc2)c1CCC(=O)O. The Bertz CT molecular complexity index is 662. The van der Waals surface area contributed by atoms with E-state index in [0.717, 1.165) is 22.3 Å². The highest BCUT2D eigenvalue weighted by atomic mass is 16.4. The highest BCUT2D eigenvalue weighted by Crippen LogP contribution is 2.28. The van der Waals surface area contributed by atoms with E-state index in [0.29, 0.717) is 12.8 Å². The summed E-state index contributed by atoms with van der Waals surface area (Å²) in [5.74, 6) is -1.71. The normalized spacial score (nSPS) is 10.4. The lowest BCUT2D eigenvalue weighted by Gasteiger charge is -2.14. The number of carbonyl (C=O) groups is 2. The third kappa shape index (κ3) is 4.19. The van der Waals surface area contributed by atoms with Gasteiger partial charge in [0.25, 0.3) is 0 Å². The molecule has 2 aromatic rings. The molecule has 2 aromatic carbocycles. The van der Waals surface area contributed by atoms with E-state index in [1.54, 1.807) is 0 Å². The third-order valence-corrected chi connectivity index (χ3v) is 3.55. The van der Waals surface area contributed by atoms with E-state index in [4.69, 9.17) is 10.2 Å². The number of rotatable bonds is 7. The van der Waals surface area contributed by atoms with Crippen molar-refractivity contribution in [2.45, 2.75) is 25.7 Å². The Morgan fingerprint density at radius 1 is 0.773 bits per heavy atom. The first-order valence-corrected chi connectivity index (χ1v) is 7.17. The lowest BCUT2D eigenvalue weighted by molar-refractivity contribution is -0.138. The van der Waals surface area contributed by atoms with Gasteiger partial charge in [-0.1, -0.05) is 48.5 Å². The van der Waals surface area contributed by atoms with Gasteiger partial charge in [-0.05, 0) is 35.1 Å². The van der Waals surface area contributed by atoms with Crippen molar-refractivity contribution < 1.29 is 19.8 Å². The van der Waals surface area contributed by atoms with Crippen molar-refractivity contribution in [1.82, 2.24) is 0 Å². The second-order valence-corrected chi connectivity index (χ2v) is 5.10. The molecule has 0 fully saturated rings. The fraction of sp³-hybridized carbons (Fsp3) is 0.222. The molecule has 4 nitrogen and oxygen atoms in total. The van der Waals surface area contributed by atoms with Crippen LogP contribution in [0, 0.1) is 0 Å². The molecule has 114 valence electrons. The highest BCUT2D eigenvalue weighted by molar-refractivity contribution is 5.72. The lowest BCUT2D eigenvalue weighted by atomic mass is 9.90. The zero-order valence-corrected chi connectivity index (χ0v) is 12.2. The standard InChI is InChI=1S/C18H18O4/c19-17(20)11-9-14-7-4-8-15(13-5-2-1-3-6-13)16(14)10-12-18(21)22/h1-8H,9-12H2,(H,19,20)(H,21,22). The van der Waals surface area contributed by atoms with E-state index in [-0.39, 0.29) is 12.8 Å². The van der Waals surface area contributed by atoms with Crippen LogP contribution in [0.5, 0.6) is 0 Å². The van der Waals surface area contributed by atoms with E-state index in [9.17, 15) is 9.59 Å². The molecule has 0 unspecified atom stereocenters. The minimum atomic E-state index is -0.855. The van der Waals surface area contributed by atoms with Gasteiger partial charge in [-0.25, -0.2) is 0 Å². The molecule has 0 bridgehead atoms. The third-order valence-electron chi connectivity index (χ3n) is 3.55. The molecule has 0 amide bonds. The molecule has 0 radical (unpaired) electrons. The van der Waals surface area contributed by atoms with Crippen LogP contribution in [-0.2, 0) is 22.4 Å². The lowest BCUT2D eigenvalue weighted by Crippen LogP contribution is -2.05. The second-order valence-electron chi connectivity index (χ2n) is 5.10. The summed E-state index contributed by atoms with van der Waals surface area (Å²) in [7, 11) is 0. The van der Waals surface area contributed by atoms with Crippen molar-refractivity contribution in [1.29, 1.82) is 0 Å². The van der Waals surface area contributed by atoms with Gasteiger partial charge in [-0.2, -0.15) is 0 Å². The smallest absolute Gasteiger partial charge is 0.303 e. The summed E-state index contributed by atoms with van der Waals surface area (Å²) in [5.41, 5.74) is 3.83. The zero-order valence-electron chi connectivity index (χ0n) is 12.2. The van der Waals surface area contributed by atoms with Gasteiger partial charge >= 0.3 is 11.9 Å². The Labute approximate surface area is 129 Å². The Morgan fingerprint density at radius 3 is 2.05 bits per heavy atom. The van der Waals surface area contributed by atoms with Crippen LogP contribution in [0.15, 0.2) is 48.5 Å². The summed E-state index contributed by atoms with van der Waals surface area (Å²) in [6.07, 6.45) is 0.878. The van der Waals surface area contributed by atoms with Crippen molar-refractivity contribution in [2.24, 2.45) is 0 Å². The molecule has 0 saturated heterocycles. The molecule has 4 heteroatoms. The van der Waals surface area contributed by atoms with Gasteiger partial charge in [0.05, 0.1) is 0 Å². The molecule has 0 aliphatic carbocycles. The first-order chi connectivity index (χ1) is 10.6. The molecule has 0 aromatic heterocycles. The van der Waals surface area contributed by atoms with Crippen molar-refractivity contribution in [3.63, 3.8) is 0 Å². The minimum Gasteiger partial charge on any atom is -0.481 e. The number of hydrogen-bond donors (Lipinski definition) is 2. The number of carboxylic acids is 2. The second kappa shape index (κ2) is 7.41. The molecular weight excluding hydrogens is 280 g/mol. The van der Waals surface area contributed by atoms with Crippen LogP contribution in [0.1, 0.15) is 24.0 Å².